The summed E-state index contributed by atoms with van der Waals surface area (Å²) in [4.78, 5) is 28.8. The van der Waals surface area contributed by atoms with Gasteiger partial charge in [-0.15, -0.1) is 0 Å². The van der Waals surface area contributed by atoms with Crippen molar-refractivity contribution in [3.63, 3.8) is 0 Å². The molecular formula is C25H29N3O3. The number of hydrogen-bond donors (Lipinski definition) is 2. The van der Waals surface area contributed by atoms with Gasteiger partial charge in [0.15, 0.2) is 0 Å². The largest absolute Gasteiger partial charge is 0.444 e. The van der Waals surface area contributed by atoms with Crippen molar-refractivity contribution in [2.75, 3.05) is 6.54 Å². The molecule has 0 saturated carbocycles. The van der Waals surface area contributed by atoms with Crippen LogP contribution >= 0.6 is 0 Å². The van der Waals surface area contributed by atoms with Gasteiger partial charge in [0.25, 0.3) is 0 Å². The molecule has 1 atom stereocenters. The Bertz CT molecular complexity index is 1030. The van der Waals surface area contributed by atoms with Crippen molar-refractivity contribution in [2.45, 2.75) is 45.3 Å². The highest BCUT2D eigenvalue weighted by atomic mass is 16.6. The van der Waals surface area contributed by atoms with Gasteiger partial charge in [0.1, 0.15) is 5.60 Å². The first-order chi connectivity index (χ1) is 14.8. The predicted molar refractivity (Wildman–Crippen MR) is 122 cm³/mol. The summed E-state index contributed by atoms with van der Waals surface area (Å²) >= 11 is 0. The van der Waals surface area contributed by atoms with E-state index in [2.05, 4.69) is 15.6 Å². The number of rotatable bonds is 7. The molecule has 0 spiro atoms. The van der Waals surface area contributed by atoms with Crippen LogP contribution in [0.4, 0.5) is 4.79 Å². The summed E-state index contributed by atoms with van der Waals surface area (Å²) in [5.41, 5.74) is 1.39. The zero-order valence-electron chi connectivity index (χ0n) is 18.2. The summed E-state index contributed by atoms with van der Waals surface area (Å²) in [6.07, 6.45) is 3.90. The van der Waals surface area contributed by atoms with Crippen molar-refractivity contribution < 1.29 is 14.3 Å². The van der Waals surface area contributed by atoms with Crippen LogP contribution in [0.25, 0.3) is 10.8 Å². The molecule has 3 rings (SSSR count). The van der Waals surface area contributed by atoms with Gasteiger partial charge in [-0.2, -0.15) is 0 Å². The average molecular weight is 420 g/mol. The topological polar surface area (TPSA) is 80.3 Å². The molecule has 0 aliphatic rings. The number of amides is 2. The summed E-state index contributed by atoms with van der Waals surface area (Å²) in [6.45, 7) is 5.67. The molecule has 31 heavy (non-hydrogen) atoms. The molecule has 0 unspecified atom stereocenters. The van der Waals surface area contributed by atoms with Crippen molar-refractivity contribution in [2.24, 2.45) is 0 Å². The van der Waals surface area contributed by atoms with E-state index in [-0.39, 0.29) is 18.5 Å². The fraction of sp³-hybridized carbons (Fsp3) is 0.320. The molecule has 0 bridgehead atoms. The van der Waals surface area contributed by atoms with Gasteiger partial charge in [-0.3, -0.25) is 9.78 Å². The van der Waals surface area contributed by atoms with Gasteiger partial charge < -0.3 is 15.4 Å². The number of carbonyl (C=O) groups excluding carboxylic acids is 2. The van der Waals surface area contributed by atoms with Crippen LogP contribution in [-0.2, 0) is 16.0 Å². The minimum atomic E-state index is -0.587. The molecule has 0 saturated heterocycles. The second kappa shape index (κ2) is 10.1. The van der Waals surface area contributed by atoms with Crippen molar-refractivity contribution in [3.05, 3.63) is 78.1 Å². The van der Waals surface area contributed by atoms with Gasteiger partial charge in [-0.05, 0) is 67.3 Å². The van der Waals surface area contributed by atoms with E-state index in [0.29, 0.717) is 12.8 Å². The molecule has 0 radical (unpaired) electrons. The minimum absolute atomic E-state index is 0.0824. The Morgan fingerprint density at radius 2 is 1.71 bits per heavy atom. The molecule has 3 aromatic rings. The third kappa shape index (κ3) is 7.10. The van der Waals surface area contributed by atoms with E-state index in [1.165, 1.54) is 0 Å². The van der Waals surface area contributed by atoms with Crippen LogP contribution in [-0.4, -0.2) is 29.1 Å². The maximum Gasteiger partial charge on any atom is 0.407 e. The van der Waals surface area contributed by atoms with E-state index in [0.717, 1.165) is 21.9 Å². The Labute approximate surface area is 183 Å². The maximum atomic E-state index is 12.7. The van der Waals surface area contributed by atoms with Gasteiger partial charge in [0.2, 0.25) is 5.91 Å². The fourth-order valence-corrected chi connectivity index (χ4v) is 3.25. The predicted octanol–water partition coefficient (Wildman–Crippen LogP) is 4.55. The van der Waals surface area contributed by atoms with Crippen molar-refractivity contribution >= 4 is 22.8 Å². The highest BCUT2D eigenvalue weighted by Crippen LogP contribution is 2.21. The van der Waals surface area contributed by atoms with E-state index in [4.69, 9.17) is 4.74 Å². The summed E-state index contributed by atoms with van der Waals surface area (Å²) in [5, 5.41) is 8.04. The van der Waals surface area contributed by atoms with Crippen LogP contribution < -0.4 is 10.6 Å². The normalized spacial score (nSPS) is 12.2. The minimum Gasteiger partial charge on any atom is -0.444 e. The zero-order chi connectivity index (χ0) is 22.3. The molecule has 2 aromatic carbocycles. The smallest absolute Gasteiger partial charge is 0.407 e. The SMILES string of the molecule is CC(C)(C)OC(=O)NC[C@@H](NC(=O)CCc1ccncc1)c1ccc2ccccc2c1. The van der Waals surface area contributed by atoms with E-state index < -0.39 is 11.7 Å². The number of fused-ring (bicyclic) bond motifs is 1. The number of nitrogens with one attached hydrogen (secondary N) is 2. The average Bonchev–Trinajstić information content (AvgIpc) is 2.74. The van der Waals surface area contributed by atoms with Gasteiger partial charge >= 0.3 is 6.09 Å². The lowest BCUT2D eigenvalue weighted by molar-refractivity contribution is -0.121. The first-order valence-electron chi connectivity index (χ1n) is 10.4. The fourth-order valence-electron chi connectivity index (χ4n) is 3.25. The Morgan fingerprint density at radius 1 is 1.00 bits per heavy atom. The van der Waals surface area contributed by atoms with Crippen LogP contribution in [0.1, 0.15) is 44.4 Å². The second-order valence-electron chi connectivity index (χ2n) is 8.46. The zero-order valence-corrected chi connectivity index (χ0v) is 18.2. The third-order valence-corrected chi connectivity index (χ3v) is 4.75. The van der Waals surface area contributed by atoms with E-state index in [1.807, 2.05) is 75.4 Å². The standard InChI is InChI=1S/C25H29N3O3/c1-25(2,3)31-24(30)27-17-22(21-10-9-19-6-4-5-7-20(19)16-21)28-23(29)11-8-18-12-14-26-15-13-18/h4-7,9-10,12-16,22H,8,11,17H2,1-3H3,(H,27,30)(H,28,29)/t22-/m1/s1. The molecule has 6 nitrogen and oxygen atoms in total. The summed E-state index contributed by atoms with van der Waals surface area (Å²) < 4.78 is 5.34. The van der Waals surface area contributed by atoms with Crippen LogP contribution in [0.5, 0.6) is 0 Å². The molecule has 2 amide bonds. The van der Waals surface area contributed by atoms with E-state index in [1.54, 1.807) is 12.4 Å². The van der Waals surface area contributed by atoms with Gasteiger partial charge in [0, 0.05) is 25.4 Å². The number of nitrogens with zero attached hydrogens (tertiary/aromatic N) is 1. The lowest BCUT2D eigenvalue weighted by atomic mass is 10.0. The summed E-state index contributed by atoms with van der Waals surface area (Å²) in [6, 6.07) is 17.5. The van der Waals surface area contributed by atoms with Crippen LogP contribution in [0.2, 0.25) is 0 Å². The van der Waals surface area contributed by atoms with Crippen molar-refractivity contribution in [3.8, 4) is 0 Å². The lowest BCUT2D eigenvalue weighted by Gasteiger charge is -2.23. The highest BCUT2D eigenvalue weighted by molar-refractivity contribution is 5.83. The summed E-state index contributed by atoms with van der Waals surface area (Å²) in [7, 11) is 0. The molecule has 1 aromatic heterocycles. The summed E-state index contributed by atoms with van der Waals surface area (Å²) in [5.74, 6) is -0.0824. The van der Waals surface area contributed by atoms with Gasteiger partial charge in [-0.1, -0.05) is 36.4 Å². The second-order valence-corrected chi connectivity index (χ2v) is 8.46. The van der Waals surface area contributed by atoms with Gasteiger partial charge in [-0.25, -0.2) is 4.79 Å². The van der Waals surface area contributed by atoms with Crippen molar-refractivity contribution in [1.82, 2.24) is 15.6 Å². The first-order valence-corrected chi connectivity index (χ1v) is 10.4. The molecule has 1 heterocycles. The number of hydrogen-bond acceptors (Lipinski definition) is 4. The molecule has 0 aliphatic carbocycles. The Balaban J connectivity index is 1.71. The highest BCUT2D eigenvalue weighted by Gasteiger charge is 2.20. The number of carbonyl (C=O) groups is 2. The molecule has 2 N–H and O–H groups in total. The Kier molecular flexibility index (Phi) is 7.23. The molecule has 6 heteroatoms. The number of aromatic nitrogens is 1. The van der Waals surface area contributed by atoms with E-state index >= 15 is 0 Å². The maximum absolute atomic E-state index is 12.7. The Hall–Kier alpha value is -3.41. The third-order valence-electron chi connectivity index (χ3n) is 4.75. The van der Waals surface area contributed by atoms with Crippen LogP contribution in [0.3, 0.4) is 0 Å². The van der Waals surface area contributed by atoms with Crippen molar-refractivity contribution in [1.29, 1.82) is 0 Å². The number of pyridine rings is 1. The quantitative estimate of drug-likeness (QED) is 0.589. The monoisotopic (exact) mass is 419 g/mol. The number of alkyl carbamates (subject to hydrolysis) is 1. The van der Waals surface area contributed by atoms with Crippen LogP contribution in [0, 0.1) is 0 Å². The van der Waals surface area contributed by atoms with E-state index in [9.17, 15) is 9.59 Å². The van der Waals surface area contributed by atoms with Gasteiger partial charge in [0.05, 0.1) is 6.04 Å². The Morgan fingerprint density at radius 3 is 2.42 bits per heavy atom. The lowest BCUT2D eigenvalue weighted by Crippen LogP contribution is -2.40. The molecule has 162 valence electrons. The number of aryl methyl sites for hydroxylation is 1. The molecule has 0 fully saturated rings. The van der Waals surface area contributed by atoms with Crippen LogP contribution in [0.15, 0.2) is 67.0 Å². The number of benzene rings is 2. The molecular weight excluding hydrogens is 390 g/mol. The number of ether oxygens (including phenoxy) is 1. The first kappa shape index (κ1) is 22.3. The molecule has 0 aliphatic heterocycles.